The molecule has 3 N–H and O–H groups in total. The standard InChI is InChI=1S/C17H21ClN4O2S.HI/c1-20-17(22(2)12-13-6-8-15(18)9-7-13)21-11-14-4-3-5-16(10-14)25(19,23)24;/h3-10H,11-12H2,1-2H3,(H,20,21)(H2,19,23,24);1H. The Morgan fingerprint density at radius 1 is 1.19 bits per heavy atom. The van der Waals surface area contributed by atoms with Crippen molar-refractivity contribution in [1.82, 2.24) is 10.2 Å². The number of nitrogens with one attached hydrogen (secondary N) is 1. The lowest BCUT2D eigenvalue weighted by Crippen LogP contribution is -2.38. The van der Waals surface area contributed by atoms with Crippen LogP contribution in [0.25, 0.3) is 0 Å². The number of sulfonamides is 1. The molecule has 0 aliphatic heterocycles. The molecule has 0 bridgehead atoms. The van der Waals surface area contributed by atoms with Gasteiger partial charge < -0.3 is 10.2 Å². The quantitative estimate of drug-likeness (QED) is 0.369. The van der Waals surface area contributed by atoms with Crippen LogP contribution in [-0.4, -0.2) is 33.4 Å². The van der Waals surface area contributed by atoms with Gasteiger partial charge in [0.15, 0.2) is 5.96 Å². The van der Waals surface area contributed by atoms with Gasteiger partial charge in [0.25, 0.3) is 0 Å². The Morgan fingerprint density at radius 2 is 1.85 bits per heavy atom. The minimum Gasteiger partial charge on any atom is -0.352 e. The number of halogens is 2. The fraction of sp³-hybridized carbons (Fsp3) is 0.235. The molecule has 0 unspecified atom stereocenters. The van der Waals surface area contributed by atoms with Gasteiger partial charge in [0, 0.05) is 32.2 Å². The van der Waals surface area contributed by atoms with E-state index >= 15 is 0 Å². The van der Waals surface area contributed by atoms with Crippen LogP contribution in [-0.2, 0) is 23.1 Å². The number of hydrogen-bond donors (Lipinski definition) is 2. The Balaban J connectivity index is 0.00000338. The van der Waals surface area contributed by atoms with E-state index < -0.39 is 10.0 Å². The van der Waals surface area contributed by atoms with Crippen molar-refractivity contribution in [2.24, 2.45) is 10.1 Å². The van der Waals surface area contributed by atoms with Crippen molar-refractivity contribution in [3.05, 3.63) is 64.7 Å². The van der Waals surface area contributed by atoms with Crippen LogP contribution in [0.5, 0.6) is 0 Å². The van der Waals surface area contributed by atoms with E-state index in [1.54, 1.807) is 19.2 Å². The molecule has 0 saturated heterocycles. The summed E-state index contributed by atoms with van der Waals surface area (Å²) in [5, 5.41) is 9.07. The summed E-state index contributed by atoms with van der Waals surface area (Å²) in [6.45, 7) is 1.09. The van der Waals surface area contributed by atoms with Gasteiger partial charge in [0.05, 0.1) is 4.90 Å². The minimum atomic E-state index is -3.71. The van der Waals surface area contributed by atoms with Gasteiger partial charge in [-0.25, -0.2) is 13.6 Å². The number of guanidine groups is 1. The zero-order valence-electron chi connectivity index (χ0n) is 14.5. The van der Waals surface area contributed by atoms with E-state index in [0.717, 1.165) is 11.1 Å². The normalized spacial score (nSPS) is 11.6. The molecule has 0 radical (unpaired) electrons. The van der Waals surface area contributed by atoms with E-state index in [1.165, 1.54) is 6.07 Å². The van der Waals surface area contributed by atoms with Crippen LogP contribution < -0.4 is 10.5 Å². The van der Waals surface area contributed by atoms with Crippen LogP contribution in [0.2, 0.25) is 5.02 Å². The molecule has 0 heterocycles. The summed E-state index contributed by atoms with van der Waals surface area (Å²) in [6, 6.07) is 14.1. The van der Waals surface area contributed by atoms with E-state index in [9.17, 15) is 8.42 Å². The molecule has 0 amide bonds. The summed E-state index contributed by atoms with van der Waals surface area (Å²) < 4.78 is 22.9. The van der Waals surface area contributed by atoms with E-state index in [4.69, 9.17) is 16.7 Å². The Kier molecular flexibility index (Phi) is 8.81. The number of nitrogens with two attached hydrogens (primary N) is 1. The Bertz CT molecular complexity index is 857. The van der Waals surface area contributed by atoms with Gasteiger partial charge in [-0.15, -0.1) is 24.0 Å². The number of benzene rings is 2. The second-order valence-corrected chi connectivity index (χ2v) is 7.57. The highest BCUT2D eigenvalue weighted by molar-refractivity contribution is 14.0. The largest absolute Gasteiger partial charge is 0.352 e. The van der Waals surface area contributed by atoms with E-state index in [-0.39, 0.29) is 28.9 Å². The highest BCUT2D eigenvalue weighted by Gasteiger charge is 2.10. The van der Waals surface area contributed by atoms with E-state index in [1.807, 2.05) is 42.3 Å². The summed E-state index contributed by atoms with van der Waals surface area (Å²) in [5.74, 6) is 0.691. The topological polar surface area (TPSA) is 87.8 Å². The summed E-state index contributed by atoms with van der Waals surface area (Å²) >= 11 is 5.90. The molecule has 0 atom stereocenters. The van der Waals surface area contributed by atoms with Gasteiger partial charge in [0.1, 0.15) is 0 Å². The number of hydrogen-bond acceptors (Lipinski definition) is 3. The third kappa shape index (κ3) is 6.75. The average Bonchev–Trinajstić information content (AvgIpc) is 2.57. The summed E-state index contributed by atoms with van der Waals surface area (Å²) in [5.41, 5.74) is 1.90. The first-order valence-electron chi connectivity index (χ1n) is 7.57. The first-order valence-corrected chi connectivity index (χ1v) is 9.50. The molecule has 0 saturated carbocycles. The first-order chi connectivity index (χ1) is 11.8. The minimum absolute atomic E-state index is 0. The van der Waals surface area contributed by atoms with Crippen LogP contribution >= 0.6 is 35.6 Å². The van der Waals surface area contributed by atoms with Gasteiger partial charge in [-0.05, 0) is 35.4 Å². The van der Waals surface area contributed by atoms with Crippen LogP contribution in [0, 0.1) is 0 Å². The van der Waals surface area contributed by atoms with Crippen LogP contribution in [0.4, 0.5) is 0 Å². The van der Waals surface area contributed by atoms with Crippen LogP contribution in [0.15, 0.2) is 58.4 Å². The first kappa shape index (κ1) is 22.7. The molecule has 0 aromatic heterocycles. The van der Waals surface area contributed by atoms with E-state index in [0.29, 0.717) is 24.1 Å². The lowest BCUT2D eigenvalue weighted by atomic mass is 10.2. The maximum Gasteiger partial charge on any atom is 0.238 e. The molecule has 2 rings (SSSR count). The fourth-order valence-corrected chi connectivity index (χ4v) is 3.05. The lowest BCUT2D eigenvalue weighted by molar-refractivity contribution is 0.476. The number of nitrogens with zero attached hydrogens (tertiary/aromatic N) is 2. The Labute approximate surface area is 176 Å². The second kappa shape index (κ2) is 10.1. The third-order valence-electron chi connectivity index (χ3n) is 3.58. The lowest BCUT2D eigenvalue weighted by Gasteiger charge is -2.22. The maximum atomic E-state index is 11.4. The van der Waals surface area contributed by atoms with Crippen molar-refractivity contribution in [3.63, 3.8) is 0 Å². The van der Waals surface area contributed by atoms with Gasteiger partial charge in [-0.1, -0.05) is 35.9 Å². The van der Waals surface area contributed by atoms with Gasteiger partial charge in [-0.2, -0.15) is 0 Å². The van der Waals surface area contributed by atoms with Gasteiger partial charge in [0.2, 0.25) is 10.0 Å². The SMILES string of the molecule is CN=C(NCc1cccc(S(N)(=O)=O)c1)N(C)Cc1ccc(Cl)cc1.I. The Morgan fingerprint density at radius 3 is 2.42 bits per heavy atom. The molecule has 0 aliphatic carbocycles. The Hall–Kier alpha value is -1.36. The van der Waals surface area contributed by atoms with Crippen molar-refractivity contribution in [2.45, 2.75) is 18.0 Å². The molecule has 0 fully saturated rings. The van der Waals surface area contributed by atoms with Crippen molar-refractivity contribution in [3.8, 4) is 0 Å². The molecule has 26 heavy (non-hydrogen) atoms. The molecule has 6 nitrogen and oxygen atoms in total. The molecule has 0 spiro atoms. The molecule has 2 aromatic rings. The van der Waals surface area contributed by atoms with Crippen molar-refractivity contribution in [1.29, 1.82) is 0 Å². The van der Waals surface area contributed by atoms with Gasteiger partial charge in [-0.3, -0.25) is 4.99 Å². The van der Waals surface area contributed by atoms with Crippen molar-refractivity contribution >= 4 is 51.6 Å². The van der Waals surface area contributed by atoms with E-state index in [2.05, 4.69) is 10.3 Å². The smallest absolute Gasteiger partial charge is 0.238 e. The summed E-state index contributed by atoms with van der Waals surface area (Å²) in [6.07, 6.45) is 0. The predicted molar refractivity (Wildman–Crippen MR) is 116 cm³/mol. The fourth-order valence-electron chi connectivity index (χ4n) is 2.34. The molecule has 9 heteroatoms. The number of aliphatic imine (C=N–C) groups is 1. The molecule has 142 valence electrons. The van der Waals surface area contributed by atoms with Gasteiger partial charge >= 0.3 is 0 Å². The van der Waals surface area contributed by atoms with Crippen molar-refractivity contribution in [2.75, 3.05) is 14.1 Å². The molecular formula is C17H22ClIN4O2S. The zero-order valence-corrected chi connectivity index (χ0v) is 18.4. The highest BCUT2D eigenvalue weighted by atomic mass is 127. The zero-order chi connectivity index (χ0) is 18.4. The second-order valence-electron chi connectivity index (χ2n) is 5.58. The van der Waals surface area contributed by atoms with Crippen molar-refractivity contribution < 1.29 is 8.42 Å². The number of rotatable bonds is 5. The monoisotopic (exact) mass is 508 g/mol. The third-order valence-corrected chi connectivity index (χ3v) is 4.75. The molecule has 2 aromatic carbocycles. The van der Waals surface area contributed by atoms with Crippen LogP contribution in [0.3, 0.4) is 0 Å². The highest BCUT2D eigenvalue weighted by Crippen LogP contribution is 2.12. The predicted octanol–water partition coefficient (Wildman–Crippen LogP) is 2.81. The number of primary sulfonamides is 1. The summed E-state index contributed by atoms with van der Waals surface area (Å²) in [4.78, 5) is 6.31. The molecule has 0 aliphatic rings. The maximum absolute atomic E-state index is 11.4. The molecular weight excluding hydrogens is 487 g/mol. The summed E-state index contributed by atoms with van der Waals surface area (Å²) in [7, 11) is -0.0920. The average molecular weight is 509 g/mol. The van der Waals surface area contributed by atoms with Crippen LogP contribution in [0.1, 0.15) is 11.1 Å².